The quantitative estimate of drug-likeness (QED) is 0.0918. The minimum absolute atomic E-state index is 0.0112. The molecule has 0 spiro atoms. The van der Waals surface area contributed by atoms with E-state index >= 15 is 0 Å². The number of nitrogens with one attached hydrogen (secondary N) is 2. The van der Waals surface area contributed by atoms with E-state index in [1.165, 1.54) is 0 Å². The molecule has 1 heterocycles. The van der Waals surface area contributed by atoms with Crippen molar-refractivity contribution in [3.8, 4) is 5.75 Å². The van der Waals surface area contributed by atoms with Gasteiger partial charge in [0.1, 0.15) is 17.2 Å². The number of alkyl halides is 3. The highest BCUT2D eigenvalue weighted by atomic mass is 19.4. The van der Waals surface area contributed by atoms with E-state index in [1.54, 1.807) is 75.4 Å². The topological polar surface area (TPSA) is 118 Å². The summed E-state index contributed by atoms with van der Waals surface area (Å²) < 4.78 is 71.1. The first-order valence-electron chi connectivity index (χ1n) is 15.0. The molecule has 252 valence electrons. The zero-order chi connectivity index (χ0) is 34.2. The van der Waals surface area contributed by atoms with Crippen molar-refractivity contribution in [1.82, 2.24) is 10.9 Å². The number of esters is 1. The summed E-state index contributed by atoms with van der Waals surface area (Å²) in [5.74, 6) is -1.73. The van der Waals surface area contributed by atoms with Crippen LogP contribution >= 0.6 is 0 Å². The lowest BCUT2D eigenvalue weighted by Gasteiger charge is -2.31. The summed E-state index contributed by atoms with van der Waals surface area (Å²) in [5, 5.41) is 9.01. The van der Waals surface area contributed by atoms with Crippen LogP contribution in [-0.4, -0.2) is 47.2 Å². The van der Waals surface area contributed by atoms with Crippen LogP contribution in [0.25, 0.3) is 0 Å². The van der Waals surface area contributed by atoms with Crippen molar-refractivity contribution in [2.75, 3.05) is 13.2 Å². The van der Waals surface area contributed by atoms with E-state index in [-0.39, 0.29) is 37.5 Å². The number of hydrazine groups is 1. The van der Waals surface area contributed by atoms with Crippen molar-refractivity contribution in [3.05, 3.63) is 101 Å². The van der Waals surface area contributed by atoms with Crippen LogP contribution in [0, 0.1) is 5.82 Å². The molecule has 0 aliphatic carbocycles. The Morgan fingerprint density at radius 2 is 1.72 bits per heavy atom. The zero-order valence-electron chi connectivity index (χ0n) is 26.2. The smallest absolute Gasteiger partial charge is 0.416 e. The number of carbonyl (C=O) groups excluding carboxylic acids is 2. The van der Waals surface area contributed by atoms with E-state index in [2.05, 4.69) is 10.9 Å². The number of aliphatic hydroxyl groups is 1. The summed E-state index contributed by atoms with van der Waals surface area (Å²) in [6.45, 7) is 5.10. The number of halogens is 4. The monoisotopic (exact) mass is 659 g/mol. The average Bonchev–Trinajstić information content (AvgIpc) is 3.40. The lowest BCUT2D eigenvalue weighted by molar-refractivity contribution is -0.155. The third kappa shape index (κ3) is 9.52. The van der Waals surface area contributed by atoms with Gasteiger partial charge in [-0.1, -0.05) is 30.3 Å². The average molecular weight is 660 g/mol. The third-order valence-corrected chi connectivity index (χ3v) is 7.04. The third-order valence-electron chi connectivity index (χ3n) is 7.04. The Morgan fingerprint density at radius 1 is 1.02 bits per heavy atom. The molecule has 0 saturated carbocycles. The summed E-state index contributed by atoms with van der Waals surface area (Å²) in [6.07, 6.45) is -5.69. The molecule has 4 rings (SSSR count). The number of aliphatic imine (C=N–C) groups is 1. The summed E-state index contributed by atoms with van der Waals surface area (Å²) in [6, 6.07) is 17.6. The highest BCUT2D eigenvalue weighted by Gasteiger charge is 2.53. The Bertz CT molecular complexity index is 1560. The van der Waals surface area contributed by atoms with E-state index in [1.807, 2.05) is 0 Å². The predicted octanol–water partition coefficient (Wildman–Crippen LogP) is 5.81. The maximum atomic E-state index is 14.1. The lowest BCUT2D eigenvalue weighted by Crippen LogP contribution is -2.52. The molecule has 13 heteroatoms. The number of hydrogen-bond acceptors (Lipinski definition) is 8. The van der Waals surface area contributed by atoms with Crippen LogP contribution in [0.4, 0.5) is 17.6 Å². The van der Waals surface area contributed by atoms with Crippen molar-refractivity contribution in [1.29, 1.82) is 0 Å². The summed E-state index contributed by atoms with van der Waals surface area (Å²) in [5.41, 5.74) is 2.43. The molecule has 1 aliphatic rings. The Kier molecular flexibility index (Phi) is 11.2. The molecule has 3 N–H and O–H groups in total. The number of rotatable bonds is 13. The van der Waals surface area contributed by atoms with Crippen LogP contribution in [0.3, 0.4) is 0 Å². The highest BCUT2D eigenvalue weighted by molar-refractivity contribution is 6.01. The van der Waals surface area contributed by atoms with Gasteiger partial charge in [-0.05, 0) is 80.8 Å². The molecule has 1 amide bonds. The number of carbonyl (C=O) groups is 2. The Balaban J connectivity index is 1.66. The van der Waals surface area contributed by atoms with Crippen LogP contribution in [0.2, 0.25) is 0 Å². The molecule has 0 bridgehead atoms. The predicted molar refractivity (Wildman–Crippen MR) is 165 cm³/mol. The van der Waals surface area contributed by atoms with Gasteiger partial charge in [-0.15, -0.1) is 0 Å². The van der Waals surface area contributed by atoms with Crippen LogP contribution in [-0.2, 0) is 31.8 Å². The number of hydrogen-bond donors (Lipinski definition) is 3. The van der Waals surface area contributed by atoms with Gasteiger partial charge in [-0.2, -0.15) is 13.2 Å². The lowest BCUT2D eigenvalue weighted by atomic mass is 9.83. The molecule has 1 aliphatic heterocycles. The summed E-state index contributed by atoms with van der Waals surface area (Å²) in [7, 11) is 0. The minimum Gasteiger partial charge on any atom is -0.494 e. The zero-order valence-corrected chi connectivity index (χ0v) is 26.2. The van der Waals surface area contributed by atoms with Gasteiger partial charge in [0.25, 0.3) is 5.91 Å². The number of nitrogens with zero attached hydrogens (tertiary/aromatic N) is 1. The molecule has 3 aromatic carbocycles. The van der Waals surface area contributed by atoms with Gasteiger partial charge in [0.05, 0.1) is 12.2 Å². The molecule has 0 aromatic heterocycles. The SMILES string of the molecule is CC(C)(C)OC(=O)CC[C@]1(C(=O)NNCc2cc(F)cc(C(F)(F)F)c2)N=C(c2ccc(OCCCO)cc2)O[C@H]1c1ccccc1. The van der Waals surface area contributed by atoms with E-state index in [0.29, 0.717) is 36.0 Å². The molecule has 0 fully saturated rings. The molecule has 9 nitrogen and oxygen atoms in total. The molecule has 47 heavy (non-hydrogen) atoms. The number of amides is 1. The Morgan fingerprint density at radius 3 is 2.36 bits per heavy atom. The maximum Gasteiger partial charge on any atom is 0.416 e. The fourth-order valence-electron chi connectivity index (χ4n) is 4.93. The van der Waals surface area contributed by atoms with Crippen molar-refractivity contribution in [2.24, 2.45) is 4.99 Å². The first kappa shape index (κ1) is 35.4. The van der Waals surface area contributed by atoms with E-state index in [9.17, 15) is 27.2 Å². The number of ether oxygens (including phenoxy) is 3. The van der Waals surface area contributed by atoms with Gasteiger partial charge in [0.2, 0.25) is 5.90 Å². The van der Waals surface area contributed by atoms with Gasteiger partial charge in [-0.3, -0.25) is 15.0 Å². The van der Waals surface area contributed by atoms with E-state index in [4.69, 9.17) is 24.3 Å². The second-order valence-corrected chi connectivity index (χ2v) is 11.9. The van der Waals surface area contributed by atoms with Crippen LogP contribution in [0.1, 0.15) is 68.4 Å². The minimum atomic E-state index is -4.76. The largest absolute Gasteiger partial charge is 0.494 e. The molecule has 0 unspecified atom stereocenters. The van der Waals surface area contributed by atoms with Gasteiger partial charge in [0, 0.05) is 31.6 Å². The van der Waals surface area contributed by atoms with Crippen molar-refractivity contribution >= 4 is 17.8 Å². The van der Waals surface area contributed by atoms with Gasteiger partial charge in [-0.25, -0.2) is 14.8 Å². The van der Waals surface area contributed by atoms with Crippen molar-refractivity contribution in [2.45, 2.75) is 70.0 Å². The normalized spacial score (nSPS) is 17.9. The van der Waals surface area contributed by atoms with Gasteiger partial charge < -0.3 is 19.3 Å². The van der Waals surface area contributed by atoms with Crippen molar-refractivity contribution in [3.63, 3.8) is 0 Å². The molecule has 3 aromatic rings. The fraction of sp³-hybridized carbons (Fsp3) is 0.382. The first-order chi connectivity index (χ1) is 22.2. The summed E-state index contributed by atoms with van der Waals surface area (Å²) >= 11 is 0. The molecular weight excluding hydrogens is 622 g/mol. The number of aliphatic hydroxyl groups excluding tert-OH is 1. The maximum absolute atomic E-state index is 14.1. The van der Waals surface area contributed by atoms with Crippen LogP contribution in [0.15, 0.2) is 77.8 Å². The van der Waals surface area contributed by atoms with Crippen LogP contribution < -0.4 is 15.6 Å². The van der Waals surface area contributed by atoms with Crippen LogP contribution in [0.5, 0.6) is 5.75 Å². The molecule has 0 saturated heterocycles. The second kappa shape index (κ2) is 14.9. The summed E-state index contributed by atoms with van der Waals surface area (Å²) in [4.78, 5) is 31.7. The van der Waals surface area contributed by atoms with E-state index < -0.39 is 46.7 Å². The second-order valence-electron chi connectivity index (χ2n) is 11.9. The fourth-order valence-corrected chi connectivity index (χ4v) is 4.93. The Labute approximate surface area is 269 Å². The standard InChI is InChI=1S/C34H37F4N3O6/c1-32(2,3)47-28(43)14-15-33(31(44)41-39-21-22-18-25(34(36,37)38)20-26(35)19-22)29(23-8-5-4-6-9-23)46-30(40-33)24-10-12-27(13-11-24)45-17-7-16-42/h4-6,8-13,18-20,29,39,42H,7,14-17,21H2,1-3H3,(H,41,44)/t29-,33-/m0/s1. The van der Waals surface area contributed by atoms with E-state index in [0.717, 1.165) is 12.1 Å². The van der Waals surface area contributed by atoms with Gasteiger partial charge >= 0.3 is 12.1 Å². The molecule has 2 atom stereocenters. The first-order valence-corrected chi connectivity index (χ1v) is 15.0. The number of benzene rings is 3. The Hall–Kier alpha value is -4.49. The van der Waals surface area contributed by atoms with Gasteiger partial charge in [0.15, 0.2) is 11.6 Å². The molecular formula is C34H37F4N3O6. The van der Waals surface area contributed by atoms with Crippen molar-refractivity contribution < 1.29 is 46.5 Å². The molecule has 0 radical (unpaired) electrons. The highest BCUT2D eigenvalue weighted by Crippen LogP contribution is 2.43.